The van der Waals surface area contributed by atoms with Crippen molar-refractivity contribution in [2.24, 2.45) is 0 Å². The molecule has 0 N–H and O–H groups in total. The SMILES string of the molecule is Fc1ccc(-n2c3ccccc3c3cc(N(c4ccccc4)c4ccc(-c5ccc(N(c6ccc7c(c6)c6ccccc6n7-c6ccc(F)cc6)C6C=CC=CC6)cc5)cc4)ccc32)cc1. The maximum Gasteiger partial charge on any atom is 0.123 e. The molecule has 316 valence electrons. The minimum absolute atomic E-state index is 0.130. The number of anilines is 5. The number of halogens is 2. The highest BCUT2D eigenvalue weighted by molar-refractivity contribution is 6.11. The van der Waals surface area contributed by atoms with Crippen LogP contribution < -0.4 is 9.80 Å². The first-order chi connectivity index (χ1) is 32.6. The van der Waals surface area contributed by atoms with Crippen molar-refractivity contribution < 1.29 is 8.78 Å². The van der Waals surface area contributed by atoms with E-state index in [0.29, 0.717) is 0 Å². The second-order valence-electron chi connectivity index (χ2n) is 16.8. The molecule has 0 saturated heterocycles. The Kier molecular flexibility index (Phi) is 9.64. The molecule has 12 rings (SSSR count). The fourth-order valence-corrected chi connectivity index (χ4v) is 9.88. The Bertz CT molecular complexity index is 3620. The second kappa shape index (κ2) is 16.3. The number of allylic oxidation sites excluding steroid dienone is 2. The Labute approximate surface area is 381 Å². The van der Waals surface area contributed by atoms with Crippen LogP contribution in [0.15, 0.2) is 237 Å². The predicted octanol–water partition coefficient (Wildman–Crippen LogP) is 16.3. The first-order valence-corrected chi connectivity index (χ1v) is 22.3. The van der Waals surface area contributed by atoms with E-state index in [4.69, 9.17) is 0 Å². The normalized spacial score (nSPS) is 13.6. The molecule has 0 saturated carbocycles. The molecular formula is C60H42F2N4. The average Bonchev–Trinajstić information content (AvgIpc) is 3.88. The Hall–Kier alpha value is -8.48. The van der Waals surface area contributed by atoms with Crippen molar-refractivity contribution in [1.29, 1.82) is 0 Å². The maximum atomic E-state index is 14.0. The van der Waals surface area contributed by atoms with Gasteiger partial charge in [-0.1, -0.05) is 103 Å². The number of aromatic nitrogens is 2. The van der Waals surface area contributed by atoms with Crippen LogP contribution in [0, 0.1) is 11.6 Å². The molecule has 0 spiro atoms. The fraction of sp³-hybridized carbons (Fsp3) is 0.0333. The van der Waals surface area contributed by atoms with Crippen molar-refractivity contribution in [1.82, 2.24) is 9.13 Å². The van der Waals surface area contributed by atoms with E-state index < -0.39 is 0 Å². The van der Waals surface area contributed by atoms with E-state index in [2.05, 4.69) is 201 Å². The largest absolute Gasteiger partial charge is 0.334 e. The summed E-state index contributed by atoms with van der Waals surface area (Å²) in [6.07, 6.45) is 9.65. The molecule has 2 heterocycles. The van der Waals surface area contributed by atoms with Gasteiger partial charge in [0.05, 0.1) is 28.1 Å². The summed E-state index contributed by atoms with van der Waals surface area (Å²) < 4.78 is 32.4. The van der Waals surface area contributed by atoms with Gasteiger partial charge in [-0.25, -0.2) is 8.78 Å². The fourth-order valence-electron chi connectivity index (χ4n) is 9.88. The highest BCUT2D eigenvalue weighted by Gasteiger charge is 2.22. The molecule has 1 aliphatic rings. The molecule has 0 aliphatic heterocycles. The van der Waals surface area contributed by atoms with E-state index in [0.717, 1.165) is 101 Å². The molecule has 0 amide bonds. The molecule has 6 heteroatoms. The lowest BCUT2D eigenvalue weighted by Crippen LogP contribution is -2.29. The van der Waals surface area contributed by atoms with Gasteiger partial charge in [-0.3, -0.25) is 0 Å². The van der Waals surface area contributed by atoms with E-state index in [-0.39, 0.29) is 17.7 Å². The number of para-hydroxylation sites is 3. The van der Waals surface area contributed by atoms with Gasteiger partial charge in [0, 0.05) is 61.4 Å². The van der Waals surface area contributed by atoms with Crippen LogP contribution in [0.5, 0.6) is 0 Å². The monoisotopic (exact) mass is 856 g/mol. The minimum atomic E-state index is -0.253. The van der Waals surface area contributed by atoms with Crippen molar-refractivity contribution in [3.63, 3.8) is 0 Å². The van der Waals surface area contributed by atoms with E-state index in [1.807, 2.05) is 30.3 Å². The molecule has 1 aliphatic carbocycles. The van der Waals surface area contributed by atoms with Gasteiger partial charge in [0.2, 0.25) is 0 Å². The average molecular weight is 857 g/mol. The standard InChI is InChI=1S/C60H42F2N4/c61-43-23-31-49(32-24-43)65-57-17-9-7-15-53(57)55-39-51(35-37-59(55)65)63(45-11-3-1-4-12-45)47-27-19-41(20-28-47)42-21-29-48(30-22-42)64(46-13-5-2-6-14-46)52-36-38-60-56(40-52)54-16-8-10-18-58(54)66(60)50-33-25-44(62)26-34-50/h1-13,15-40,46H,14H2. The van der Waals surface area contributed by atoms with E-state index in [1.54, 1.807) is 0 Å². The number of fused-ring (bicyclic) bond motifs is 6. The molecule has 1 atom stereocenters. The smallest absolute Gasteiger partial charge is 0.123 e. The number of hydrogen-bond donors (Lipinski definition) is 0. The number of hydrogen-bond acceptors (Lipinski definition) is 2. The zero-order valence-corrected chi connectivity index (χ0v) is 35.8. The summed E-state index contributed by atoms with van der Waals surface area (Å²) in [7, 11) is 0. The molecule has 1 unspecified atom stereocenters. The van der Waals surface area contributed by atoms with Gasteiger partial charge in [-0.15, -0.1) is 0 Å². The van der Waals surface area contributed by atoms with Crippen molar-refractivity contribution in [3.05, 3.63) is 248 Å². The predicted molar refractivity (Wildman–Crippen MR) is 270 cm³/mol. The zero-order chi connectivity index (χ0) is 44.1. The van der Waals surface area contributed by atoms with Gasteiger partial charge in [-0.2, -0.15) is 0 Å². The summed E-state index contributed by atoms with van der Waals surface area (Å²) in [6.45, 7) is 0. The van der Waals surface area contributed by atoms with Crippen molar-refractivity contribution in [2.75, 3.05) is 9.80 Å². The molecule has 2 aromatic heterocycles. The Morgan fingerprint density at radius 1 is 0.379 bits per heavy atom. The third-order valence-electron chi connectivity index (χ3n) is 12.9. The van der Waals surface area contributed by atoms with Crippen molar-refractivity contribution >= 4 is 72.0 Å². The van der Waals surface area contributed by atoms with Gasteiger partial charge >= 0.3 is 0 Å². The van der Waals surface area contributed by atoms with Gasteiger partial charge in [0.25, 0.3) is 0 Å². The van der Waals surface area contributed by atoms with Crippen LogP contribution in [-0.2, 0) is 0 Å². The summed E-state index contributed by atoms with van der Waals surface area (Å²) in [5, 5.41) is 4.55. The second-order valence-corrected chi connectivity index (χ2v) is 16.8. The van der Waals surface area contributed by atoms with Gasteiger partial charge in [-0.05, 0) is 151 Å². The summed E-state index contributed by atoms with van der Waals surface area (Å²) in [4.78, 5) is 4.73. The minimum Gasteiger partial charge on any atom is -0.334 e. The lowest BCUT2D eigenvalue weighted by molar-refractivity contribution is 0.627. The first kappa shape index (κ1) is 39.1. The van der Waals surface area contributed by atoms with Crippen LogP contribution in [0.25, 0.3) is 66.1 Å². The van der Waals surface area contributed by atoms with E-state index in [9.17, 15) is 8.78 Å². The summed E-state index contributed by atoms with van der Waals surface area (Å²) in [5.41, 5.74) is 13.7. The molecule has 9 aromatic carbocycles. The lowest BCUT2D eigenvalue weighted by atomic mass is 10.0. The summed E-state index contributed by atoms with van der Waals surface area (Å²) in [6, 6.07) is 71.9. The highest BCUT2D eigenvalue weighted by Crippen LogP contribution is 2.42. The highest BCUT2D eigenvalue weighted by atomic mass is 19.1. The third kappa shape index (κ3) is 6.82. The topological polar surface area (TPSA) is 16.3 Å². The van der Waals surface area contributed by atoms with Crippen LogP contribution in [0.3, 0.4) is 0 Å². The number of nitrogens with zero attached hydrogens (tertiary/aromatic N) is 4. The van der Waals surface area contributed by atoms with Crippen LogP contribution in [0.4, 0.5) is 37.2 Å². The van der Waals surface area contributed by atoms with Crippen molar-refractivity contribution in [3.8, 4) is 22.5 Å². The molecular weight excluding hydrogens is 815 g/mol. The third-order valence-corrected chi connectivity index (χ3v) is 12.9. The lowest BCUT2D eigenvalue weighted by Gasteiger charge is -2.33. The quantitative estimate of drug-likeness (QED) is 0.144. The van der Waals surface area contributed by atoms with Gasteiger partial charge in [0.1, 0.15) is 11.6 Å². The molecule has 0 bridgehead atoms. The molecule has 0 radical (unpaired) electrons. The van der Waals surface area contributed by atoms with Crippen LogP contribution in [0.1, 0.15) is 6.42 Å². The summed E-state index contributed by atoms with van der Waals surface area (Å²) in [5.74, 6) is -0.502. The van der Waals surface area contributed by atoms with Crippen LogP contribution in [0.2, 0.25) is 0 Å². The first-order valence-electron chi connectivity index (χ1n) is 22.3. The summed E-state index contributed by atoms with van der Waals surface area (Å²) >= 11 is 0. The van der Waals surface area contributed by atoms with E-state index >= 15 is 0 Å². The molecule has 66 heavy (non-hydrogen) atoms. The van der Waals surface area contributed by atoms with Crippen LogP contribution >= 0.6 is 0 Å². The molecule has 4 nitrogen and oxygen atoms in total. The molecule has 11 aromatic rings. The Balaban J connectivity index is 0.892. The molecule has 0 fully saturated rings. The number of rotatable bonds is 9. The zero-order valence-electron chi connectivity index (χ0n) is 35.8. The van der Waals surface area contributed by atoms with Crippen LogP contribution in [-0.4, -0.2) is 15.2 Å². The van der Waals surface area contributed by atoms with Crippen molar-refractivity contribution in [2.45, 2.75) is 12.5 Å². The number of benzene rings is 9. The van der Waals surface area contributed by atoms with E-state index in [1.165, 1.54) is 24.3 Å². The Morgan fingerprint density at radius 2 is 0.833 bits per heavy atom. The maximum absolute atomic E-state index is 14.0. The van der Waals surface area contributed by atoms with Gasteiger partial charge in [0.15, 0.2) is 0 Å². The Morgan fingerprint density at radius 3 is 1.38 bits per heavy atom. The van der Waals surface area contributed by atoms with Gasteiger partial charge < -0.3 is 18.9 Å².